The Bertz CT molecular complexity index is 901. The molecule has 1 N–H and O–H groups in total. The van der Waals surface area contributed by atoms with Crippen molar-refractivity contribution in [1.29, 1.82) is 0 Å². The molecule has 5 nitrogen and oxygen atoms in total. The van der Waals surface area contributed by atoms with Crippen LogP contribution in [0.4, 0.5) is 0 Å². The van der Waals surface area contributed by atoms with Crippen LogP contribution < -0.4 is 0 Å². The lowest BCUT2D eigenvalue weighted by Crippen LogP contribution is -2.05. The number of carbonyl (C=O) groups excluding carboxylic acids is 1. The van der Waals surface area contributed by atoms with E-state index >= 15 is 0 Å². The number of cyclic esters (lactones) is 1. The van der Waals surface area contributed by atoms with Gasteiger partial charge in [-0.2, -0.15) is 0 Å². The van der Waals surface area contributed by atoms with Crippen LogP contribution in [0.25, 0.3) is 6.08 Å². The molecule has 0 saturated heterocycles. The number of hydrogen-bond acceptors (Lipinski definition) is 4. The Morgan fingerprint density at radius 1 is 1.08 bits per heavy atom. The van der Waals surface area contributed by atoms with Gasteiger partial charge in [-0.25, -0.2) is 14.6 Å². The van der Waals surface area contributed by atoms with E-state index in [9.17, 15) is 9.59 Å². The first-order chi connectivity index (χ1) is 11.4. The maximum absolute atomic E-state index is 11.9. The van der Waals surface area contributed by atoms with E-state index in [1.807, 2.05) is 0 Å². The summed E-state index contributed by atoms with van der Waals surface area (Å²) in [7, 11) is 0. The normalized spacial score (nSPS) is 15.3. The first-order valence-corrected chi connectivity index (χ1v) is 7.51. The van der Waals surface area contributed by atoms with Crippen LogP contribution in [0.15, 0.2) is 53.2 Å². The molecule has 0 radical (unpaired) electrons. The summed E-state index contributed by atoms with van der Waals surface area (Å²) in [6.07, 6.45) is 1.51. The maximum Gasteiger partial charge on any atom is 0.363 e. The quantitative estimate of drug-likeness (QED) is 0.661. The minimum Gasteiger partial charge on any atom is -0.478 e. The highest BCUT2D eigenvalue weighted by Crippen LogP contribution is 2.25. The summed E-state index contributed by atoms with van der Waals surface area (Å²) in [5, 5.41) is 9.59. The Morgan fingerprint density at radius 3 is 2.42 bits per heavy atom. The van der Waals surface area contributed by atoms with Crippen molar-refractivity contribution >= 4 is 47.1 Å². The summed E-state index contributed by atoms with van der Waals surface area (Å²) in [5.41, 5.74) is 1.43. The number of rotatable bonds is 3. The molecule has 24 heavy (non-hydrogen) atoms. The number of esters is 1. The number of aliphatic imine (C=N–C) groups is 1. The summed E-state index contributed by atoms with van der Waals surface area (Å²) in [6, 6.07) is 10.8. The third kappa shape index (κ3) is 3.32. The third-order valence-electron chi connectivity index (χ3n) is 3.25. The fraction of sp³-hybridized carbons (Fsp3) is 0. The van der Waals surface area contributed by atoms with Gasteiger partial charge in [0.2, 0.25) is 5.90 Å². The van der Waals surface area contributed by atoms with Crippen LogP contribution in [0.5, 0.6) is 0 Å². The second-order valence-electron chi connectivity index (χ2n) is 4.89. The number of ether oxygens (including phenoxy) is 1. The zero-order chi connectivity index (χ0) is 17.3. The molecule has 0 aromatic heterocycles. The van der Waals surface area contributed by atoms with Crippen molar-refractivity contribution in [2.45, 2.75) is 0 Å². The summed E-state index contributed by atoms with van der Waals surface area (Å²) in [5.74, 6) is -1.49. The number of carboxylic acid groups (broad SMARTS) is 1. The highest BCUT2D eigenvalue weighted by molar-refractivity contribution is 6.42. The van der Waals surface area contributed by atoms with Gasteiger partial charge in [0.1, 0.15) is 0 Å². The van der Waals surface area contributed by atoms with Gasteiger partial charge in [-0.05, 0) is 42.0 Å². The average molecular weight is 362 g/mol. The molecule has 2 aromatic rings. The number of aromatic carboxylic acids is 1. The zero-order valence-corrected chi connectivity index (χ0v) is 13.5. The van der Waals surface area contributed by atoms with Crippen LogP contribution in [0.3, 0.4) is 0 Å². The van der Waals surface area contributed by atoms with Gasteiger partial charge in [0, 0.05) is 5.56 Å². The largest absolute Gasteiger partial charge is 0.478 e. The number of hydrogen-bond donors (Lipinski definition) is 1. The van der Waals surface area contributed by atoms with Gasteiger partial charge in [-0.3, -0.25) is 0 Å². The number of nitrogens with zero attached hydrogens (tertiary/aromatic N) is 1. The molecule has 0 saturated carbocycles. The van der Waals surface area contributed by atoms with E-state index in [0.717, 1.165) is 0 Å². The lowest BCUT2D eigenvalue weighted by Gasteiger charge is -2.01. The molecule has 3 rings (SSSR count). The molecule has 0 atom stereocenters. The lowest BCUT2D eigenvalue weighted by atomic mass is 10.1. The number of benzene rings is 2. The van der Waals surface area contributed by atoms with Crippen molar-refractivity contribution in [2.75, 3.05) is 0 Å². The molecule has 7 heteroatoms. The van der Waals surface area contributed by atoms with Crippen molar-refractivity contribution in [3.63, 3.8) is 0 Å². The molecular formula is C17H9Cl2NO4. The standard InChI is InChI=1S/C17H9Cl2NO4/c18-12-6-5-11(8-13(12)19)15-20-14(17(23)24-15)7-9-1-3-10(4-2-9)16(21)22/h1-8H,(H,21,22)/b14-7-. The molecular weight excluding hydrogens is 353 g/mol. The van der Waals surface area contributed by atoms with Crippen molar-refractivity contribution in [3.05, 3.63) is 74.9 Å². The van der Waals surface area contributed by atoms with Gasteiger partial charge >= 0.3 is 11.9 Å². The van der Waals surface area contributed by atoms with Crippen LogP contribution in [0.2, 0.25) is 10.0 Å². The van der Waals surface area contributed by atoms with Gasteiger partial charge in [0.25, 0.3) is 0 Å². The van der Waals surface area contributed by atoms with Crippen LogP contribution in [0.1, 0.15) is 21.5 Å². The van der Waals surface area contributed by atoms with E-state index in [4.69, 9.17) is 33.0 Å². The van der Waals surface area contributed by atoms with E-state index in [1.54, 1.807) is 30.3 Å². The minimum absolute atomic E-state index is 0.110. The molecule has 1 aliphatic heterocycles. The van der Waals surface area contributed by atoms with E-state index in [2.05, 4.69) is 4.99 Å². The average Bonchev–Trinajstić information content (AvgIpc) is 2.91. The maximum atomic E-state index is 11.9. The Balaban J connectivity index is 1.90. The van der Waals surface area contributed by atoms with Gasteiger partial charge in [-0.15, -0.1) is 0 Å². The summed E-state index contributed by atoms with van der Waals surface area (Å²) >= 11 is 11.8. The second kappa shape index (κ2) is 6.47. The van der Waals surface area contributed by atoms with E-state index in [1.165, 1.54) is 18.2 Å². The molecule has 1 aliphatic rings. The number of carboxylic acids is 1. The number of halogens is 2. The van der Waals surface area contributed by atoms with Crippen LogP contribution in [-0.2, 0) is 9.53 Å². The van der Waals surface area contributed by atoms with Crippen molar-refractivity contribution in [2.24, 2.45) is 4.99 Å². The zero-order valence-electron chi connectivity index (χ0n) is 12.0. The van der Waals surface area contributed by atoms with Gasteiger partial charge < -0.3 is 9.84 Å². The molecule has 0 spiro atoms. The van der Waals surface area contributed by atoms with Crippen molar-refractivity contribution in [1.82, 2.24) is 0 Å². The van der Waals surface area contributed by atoms with E-state index < -0.39 is 11.9 Å². The highest BCUT2D eigenvalue weighted by atomic mass is 35.5. The molecule has 0 unspecified atom stereocenters. The molecule has 0 amide bonds. The molecule has 0 bridgehead atoms. The van der Waals surface area contributed by atoms with Gasteiger partial charge in [0.15, 0.2) is 5.70 Å². The smallest absolute Gasteiger partial charge is 0.363 e. The summed E-state index contributed by atoms with van der Waals surface area (Å²) < 4.78 is 5.14. The van der Waals surface area contributed by atoms with Gasteiger partial charge in [-0.1, -0.05) is 35.3 Å². The minimum atomic E-state index is -1.02. The Morgan fingerprint density at radius 2 is 1.79 bits per heavy atom. The molecule has 0 aliphatic carbocycles. The van der Waals surface area contributed by atoms with Crippen LogP contribution >= 0.6 is 23.2 Å². The Kier molecular flexibility index (Phi) is 4.38. The van der Waals surface area contributed by atoms with Crippen molar-refractivity contribution in [3.8, 4) is 0 Å². The summed E-state index contributed by atoms with van der Waals surface area (Å²) in [6.45, 7) is 0. The molecule has 0 fully saturated rings. The highest BCUT2D eigenvalue weighted by Gasteiger charge is 2.24. The predicted octanol–water partition coefficient (Wildman–Crippen LogP) is 4.04. The topological polar surface area (TPSA) is 76.0 Å². The van der Waals surface area contributed by atoms with Crippen LogP contribution in [-0.4, -0.2) is 22.9 Å². The Labute approximate surface area is 146 Å². The first-order valence-electron chi connectivity index (χ1n) is 6.75. The lowest BCUT2D eigenvalue weighted by molar-refractivity contribution is -0.129. The fourth-order valence-electron chi connectivity index (χ4n) is 2.04. The fourth-order valence-corrected chi connectivity index (χ4v) is 2.34. The summed E-state index contributed by atoms with van der Waals surface area (Å²) in [4.78, 5) is 26.9. The van der Waals surface area contributed by atoms with Crippen molar-refractivity contribution < 1.29 is 19.4 Å². The molecule has 120 valence electrons. The second-order valence-corrected chi connectivity index (χ2v) is 5.71. The third-order valence-corrected chi connectivity index (χ3v) is 3.99. The Hall–Kier alpha value is -2.63. The SMILES string of the molecule is O=C1OC(c2ccc(Cl)c(Cl)c2)=N/C1=C\c1ccc(C(=O)O)cc1. The molecule has 2 aromatic carbocycles. The van der Waals surface area contributed by atoms with E-state index in [0.29, 0.717) is 21.2 Å². The monoisotopic (exact) mass is 361 g/mol. The number of carbonyl (C=O) groups is 2. The van der Waals surface area contributed by atoms with E-state index in [-0.39, 0.29) is 17.2 Å². The predicted molar refractivity (Wildman–Crippen MR) is 90.5 cm³/mol. The molecule has 1 heterocycles. The van der Waals surface area contributed by atoms with Gasteiger partial charge in [0.05, 0.1) is 15.6 Å². The van der Waals surface area contributed by atoms with Crippen LogP contribution in [0, 0.1) is 0 Å². The first kappa shape index (κ1) is 16.2.